The number of esters is 2. The summed E-state index contributed by atoms with van der Waals surface area (Å²) < 4.78 is 19.6. The Morgan fingerprint density at radius 3 is 1.95 bits per heavy atom. The van der Waals surface area contributed by atoms with E-state index in [4.69, 9.17) is 18.9 Å². The SMILES string of the molecule is C=C/C=C/CC(CC(OC)OC)(C(=O)OC)C(=O)OC. The van der Waals surface area contributed by atoms with Crippen LogP contribution < -0.4 is 0 Å². The summed E-state index contributed by atoms with van der Waals surface area (Å²) in [6.45, 7) is 3.54. The lowest BCUT2D eigenvalue weighted by molar-refractivity contribution is -0.181. The van der Waals surface area contributed by atoms with Crippen molar-refractivity contribution in [2.75, 3.05) is 28.4 Å². The predicted octanol–water partition coefficient (Wildman–Crippen LogP) is 1.46. The fraction of sp³-hybridized carbons (Fsp3) is 0.571. The second-order valence-electron chi connectivity index (χ2n) is 4.04. The molecule has 0 fully saturated rings. The Balaban J connectivity index is 5.51. The molecule has 6 nitrogen and oxygen atoms in total. The zero-order valence-corrected chi connectivity index (χ0v) is 12.4. The van der Waals surface area contributed by atoms with E-state index in [2.05, 4.69) is 6.58 Å². The first kappa shape index (κ1) is 18.3. The molecule has 0 atom stereocenters. The molecule has 0 rings (SSSR count). The number of hydrogen-bond donors (Lipinski definition) is 0. The minimum absolute atomic E-state index is 0.0131. The lowest BCUT2D eigenvalue weighted by Gasteiger charge is -2.29. The lowest BCUT2D eigenvalue weighted by atomic mass is 9.80. The van der Waals surface area contributed by atoms with Crippen LogP contribution in [0.2, 0.25) is 0 Å². The molecular formula is C14H22O6. The third-order valence-corrected chi connectivity index (χ3v) is 2.93. The molecule has 6 heteroatoms. The van der Waals surface area contributed by atoms with Gasteiger partial charge in [0.2, 0.25) is 0 Å². The normalized spacial score (nSPS) is 11.7. The Hall–Kier alpha value is -1.66. The largest absolute Gasteiger partial charge is 0.468 e. The highest BCUT2D eigenvalue weighted by Gasteiger charge is 2.49. The van der Waals surface area contributed by atoms with Gasteiger partial charge >= 0.3 is 11.9 Å². The fourth-order valence-electron chi connectivity index (χ4n) is 1.80. The summed E-state index contributed by atoms with van der Waals surface area (Å²) >= 11 is 0. The van der Waals surface area contributed by atoms with E-state index in [1.165, 1.54) is 28.4 Å². The van der Waals surface area contributed by atoms with Crippen LogP contribution >= 0.6 is 0 Å². The van der Waals surface area contributed by atoms with E-state index in [9.17, 15) is 9.59 Å². The molecule has 0 saturated carbocycles. The summed E-state index contributed by atoms with van der Waals surface area (Å²) in [5, 5.41) is 0. The van der Waals surface area contributed by atoms with Gasteiger partial charge in [-0.2, -0.15) is 0 Å². The molecular weight excluding hydrogens is 264 g/mol. The van der Waals surface area contributed by atoms with Gasteiger partial charge < -0.3 is 18.9 Å². The average molecular weight is 286 g/mol. The molecule has 0 unspecified atom stereocenters. The highest BCUT2D eigenvalue weighted by molar-refractivity contribution is 6.00. The Morgan fingerprint density at radius 2 is 1.60 bits per heavy atom. The molecule has 0 aliphatic rings. The Kier molecular flexibility index (Phi) is 8.51. The molecule has 0 aromatic carbocycles. The molecule has 0 aromatic heterocycles. The molecule has 0 heterocycles. The molecule has 0 radical (unpaired) electrons. The predicted molar refractivity (Wildman–Crippen MR) is 72.8 cm³/mol. The van der Waals surface area contributed by atoms with Crippen molar-refractivity contribution < 1.29 is 28.5 Å². The molecule has 114 valence electrons. The maximum atomic E-state index is 12.1. The highest BCUT2D eigenvalue weighted by atomic mass is 16.7. The molecule has 0 aromatic rings. The van der Waals surface area contributed by atoms with Gasteiger partial charge in [-0.05, 0) is 6.42 Å². The Bertz CT molecular complexity index is 341. The highest BCUT2D eigenvalue weighted by Crippen LogP contribution is 2.33. The maximum Gasteiger partial charge on any atom is 0.323 e. The molecule has 0 aliphatic heterocycles. The number of hydrogen-bond acceptors (Lipinski definition) is 6. The number of allylic oxidation sites excluding steroid dienone is 3. The van der Waals surface area contributed by atoms with Crippen molar-refractivity contribution in [3.05, 3.63) is 24.8 Å². The van der Waals surface area contributed by atoms with Crippen LogP contribution in [-0.4, -0.2) is 46.7 Å². The van der Waals surface area contributed by atoms with E-state index < -0.39 is 23.6 Å². The van der Waals surface area contributed by atoms with Crippen molar-refractivity contribution in [3.8, 4) is 0 Å². The maximum absolute atomic E-state index is 12.1. The van der Waals surface area contributed by atoms with Crippen LogP contribution in [0.3, 0.4) is 0 Å². The van der Waals surface area contributed by atoms with Gasteiger partial charge in [0.15, 0.2) is 11.7 Å². The first-order valence-electron chi connectivity index (χ1n) is 6.02. The molecule has 0 bridgehead atoms. The fourth-order valence-corrected chi connectivity index (χ4v) is 1.80. The summed E-state index contributed by atoms with van der Waals surface area (Å²) in [7, 11) is 5.28. The van der Waals surface area contributed by atoms with Gasteiger partial charge in [0.25, 0.3) is 0 Å². The minimum atomic E-state index is -1.51. The van der Waals surface area contributed by atoms with Gasteiger partial charge in [-0.3, -0.25) is 9.59 Å². The van der Waals surface area contributed by atoms with Crippen LogP contribution in [0, 0.1) is 5.41 Å². The first-order valence-corrected chi connectivity index (χ1v) is 6.02. The zero-order valence-electron chi connectivity index (χ0n) is 12.4. The van der Waals surface area contributed by atoms with Gasteiger partial charge in [0.1, 0.15) is 0 Å². The smallest absolute Gasteiger partial charge is 0.323 e. The van der Waals surface area contributed by atoms with Crippen molar-refractivity contribution in [2.45, 2.75) is 19.1 Å². The van der Waals surface area contributed by atoms with Crippen LogP contribution in [0.4, 0.5) is 0 Å². The average Bonchev–Trinajstić information content (AvgIpc) is 2.49. The summed E-state index contributed by atoms with van der Waals surface area (Å²) in [5.41, 5.74) is -1.51. The van der Waals surface area contributed by atoms with E-state index in [0.29, 0.717) is 0 Å². The van der Waals surface area contributed by atoms with Crippen molar-refractivity contribution >= 4 is 11.9 Å². The molecule has 20 heavy (non-hydrogen) atoms. The van der Waals surface area contributed by atoms with Crippen LogP contribution in [-0.2, 0) is 28.5 Å². The van der Waals surface area contributed by atoms with E-state index >= 15 is 0 Å². The van der Waals surface area contributed by atoms with Crippen LogP contribution in [0.15, 0.2) is 24.8 Å². The van der Waals surface area contributed by atoms with E-state index in [0.717, 1.165) is 0 Å². The van der Waals surface area contributed by atoms with Crippen LogP contribution in [0.25, 0.3) is 0 Å². The van der Waals surface area contributed by atoms with Crippen molar-refractivity contribution in [1.82, 2.24) is 0 Å². The third-order valence-electron chi connectivity index (χ3n) is 2.93. The number of rotatable bonds is 9. The van der Waals surface area contributed by atoms with E-state index in [-0.39, 0.29) is 12.8 Å². The molecule has 0 spiro atoms. The second-order valence-corrected chi connectivity index (χ2v) is 4.04. The van der Waals surface area contributed by atoms with Gasteiger partial charge in [-0.25, -0.2) is 0 Å². The van der Waals surface area contributed by atoms with Gasteiger partial charge in [-0.15, -0.1) is 0 Å². The van der Waals surface area contributed by atoms with Gasteiger partial charge in [0.05, 0.1) is 14.2 Å². The summed E-state index contributed by atoms with van der Waals surface area (Å²) in [5.74, 6) is -1.39. The van der Waals surface area contributed by atoms with Crippen molar-refractivity contribution in [2.24, 2.45) is 5.41 Å². The Morgan fingerprint density at radius 1 is 1.10 bits per heavy atom. The quantitative estimate of drug-likeness (QED) is 0.276. The third kappa shape index (κ3) is 4.47. The molecule has 0 aliphatic carbocycles. The monoisotopic (exact) mass is 286 g/mol. The minimum Gasteiger partial charge on any atom is -0.468 e. The zero-order chi connectivity index (χ0) is 15.6. The summed E-state index contributed by atoms with van der Waals surface area (Å²) in [6.07, 6.45) is 4.18. The van der Waals surface area contributed by atoms with E-state index in [1.807, 2.05) is 0 Å². The van der Waals surface area contributed by atoms with Gasteiger partial charge in [0, 0.05) is 20.6 Å². The van der Waals surface area contributed by atoms with Crippen LogP contribution in [0.5, 0.6) is 0 Å². The van der Waals surface area contributed by atoms with Crippen molar-refractivity contribution in [3.63, 3.8) is 0 Å². The van der Waals surface area contributed by atoms with E-state index in [1.54, 1.807) is 18.2 Å². The van der Waals surface area contributed by atoms with Crippen LogP contribution in [0.1, 0.15) is 12.8 Å². The molecule has 0 saturated heterocycles. The molecule has 0 N–H and O–H groups in total. The first-order chi connectivity index (χ1) is 9.52. The summed E-state index contributed by atoms with van der Waals surface area (Å²) in [4.78, 5) is 24.2. The number of ether oxygens (including phenoxy) is 4. The number of carbonyl (C=O) groups excluding carboxylic acids is 2. The number of carbonyl (C=O) groups is 2. The van der Waals surface area contributed by atoms with Gasteiger partial charge in [-0.1, -0.05) is 24.8 Å². The lowest BCUT2D eigenvalue weighted by Crippen LogP contribution is -2.44. The molecule has 0 amide bonds. The number of methoxy groups -OCH3 is 4. The topological polar surface area (TPSA) is 71.1 Å². The second kappa shape index (κ2) is 9.28. The Labute approximate surface area is 119 Å². The van der Waals surface area contributed by atoms with Crippen molar-refractivity contribution in [1.29, 1.82) is 0 Å². The summed E-state index contributed by atoms with van der Waals surface area (Å²) in [6, 6.07) is 0. The standard InChI is InChI=1S/C14H22O6/c1-6-7-8-9-14(12(15)19-4,13(16)20-5)10-11(17-2)18-3/h6-8,11H,1,9-10H2,2-5H3/b8-7+.